The number of hydrogen-bond donors (Lipinski definition) is 1. The molecule has 0 heterocycles. The quantitative estimate of drug-likeness (QED) is 0.630. The summed E-state index contributed by atoms with van der Waals surface area (Å²) in [6, 6.07) is -2.26. The number of esters is 1. The van der Waals surface area contributed by atoms with Gasteiger partial charge in [0.05, 0.1) is 6.10 Å². The van der Waals surface area contributed by atoms with Crippen molar-refractivity contribution in [2.24, 2.45) is 5.73 Å². The Kier molecular flexibility index (Phi) is 4.87. The first-order chi connectivity index (χ1) is 6.16. The molecule has 14 heavy (non-hydrogen) atoms. The maximum Gasteiger partial charge on any atom is 0.405 e. The Balaban J connectivity index is 4.32. The molecular formula is C7H11BrF3NO2. The topological polar surface area (TPSA) is 52.3 Å². The fourth-order valence-electron chi connectivity index (χ4n) is 0.610. The van der Waals surface area contributed by atoms with Gasteiger partial charge in [-0.1, -0.05) is 15.9 Å². The summed E-state index contributed by atoms with van der Waals surface area (Å²) in [6.07, 6.45) is -5.09. The zero-order chi connectivity index (χ0) is 11.5. The Morgan fingerprint density at radius 3 is 2.14 bits per heavy atom. The average molecular weight is 278 g/mol. The van der Waals surface area contributed by atoms with Gasteiger partial charge in [0, 0.05) is 0 Å². The van der Waals surface area contributed by atoms with E-state index in [9.17, 15) is 18.0 Å². The molecule has 0 rings (SSSR count). The number of ether oxygens (including phenoxy) is 1. The summed E-state index contributed by atoms with van der Waals surface area (Å²) in [5, 5.41) is 0. The normalized spacial score (nSPS) is 16.6. The van der Waals surface area contributed by atoms with Crippen LogP contribution in [-0.2, 0) is 9.53 Å². The van der Waals surface area contributed by atoms with Crippen molar-refractivity contribution >= 4 is 21.9 Å². The maximum absolute atomic E-state index is 12.0. The SMILES string of the molecule is CC(C)OC(=O)[C@H](Br)[C@H](N)C(F)(F)F. The molecular weight excluding hydrogens is 267 g/mol. The molecule has 0 fully saturated rings. The molecule has 0 aliphatic rings. The van der Waals surface area contributed by atoms with Gasteiger partial charge in [0.15, 0.2) is 0 Å². The summed E-state index contributed by atoms with van der Waals surface area (Å²) < 4.78 is 40.7. The minimum atomic E-state index is -4.62. The van der Waals surface area contributed by atoms with Crippen LogP contribution in [0.15, 0.2) is 0 Å². The van der Waals surface area contributed by atoms with Gasteiger partial charge in [-0.3, -0.25) is 4.79 Å². The summed E-state index contributed by atoms with van der Waals surface area (Å²) in [4.78, 5) is 9.43. The van der Waals surface area contributed by atoms with Crippen LogP contribution in [0.5, 0.6) is 0 Å². The second-order valence-corrected chi connectivity index (χ2v) is 3.94. The molecule has 0 saturated carbocycles. The third-order valence-corrected chi connectivity index (χ3v) is 2.21. The summed E-state index contributed by atoms with van der Waals surface area (Å²) in [5.74, 6) is -1.01. The van der Waals surface area contributed by atoms with Crippen LogP contribution in [-0.4, -0.2) is 29.1 Å². The Labute approximate surface area is 87.9 Å². The van der Waals surface area contributed by atoms with E-state index in [4.69, 9.17) is 5.73 Å². The predicted molar refractivity (Wildman–Crippen MR) is 48.0 cm³/mol. The fourth-order valence-corrected chi connectivity index (χ4v) is 1.02. The summed E-state index contributed by atoms with van der Waals surface area (Å²) >= 11 is 2.55. The van der Waals surface area contributed by atoms with Crippen LogP contribution in [0.25, 0.3) is 0 Å². The zero-order valence-electron chi connectivity index (χ0n) is 7.64. The van der Waals surface area contributed by atoms with Crippen LogP contribution < -0.4 is 5.73 Å². The van der Waals surface area contributed by atoms with Crippen LogP contribution in [0.1, 0.15) is 13.8 Å². The molecule has 0 aliphatic carbocycles. The third-order valence-electron chi connectivity index (χ3n) is 1.27. The number of carbonyl (C=O) groups excluding carboxylic acids is 1. The first-order valence-electron chi connectivity index (χ1n) is 3.83. The molecule has 3 nitrogen and oxygen atoms in total. The van der Waals surface area contributed by atoms with Crippen molar-refractivity contribution in [1.29, 1.82) is 0 Å². The van der Waals surface area contributed by atoms with Crippen LogP contribution in [0, 0.1) is 0 Å². The van der Waals surface area contributed by atoms with Crippen molar-refractivity contribution in [3.63, 3.8) is 0 Å². The predicted octanol–water partition coefficient (Wildman–Crippen LogP) is 1.59. The van der Waals surface area contributed by atoms with Crippen LogP contribution in [0.2, 0.25) is 0 Å². The van der Waals surface area contributed by atoms with Crippen molar-refractivity contribution in [3.05, 3.63) is 0 Å². The summed E-state index contributed by atoms with van der Waals surface area (Å²) in [6.45, 7) is 3.08. The van der Waals surface area contributed by atoms with Gasteiger partial charge in [0.25, 0.3) is 0 Å². The molecule has 84 valence electrons. The fraction of sp³-hybridized carbons (Fsp3) is 0.857. The number of halogens is 4. The van der Waals surface area contributed by atoms with Crippen molar-refractivity contribution in [3.8, 4) is 0 Å². The lowest BCUT2D eigenvalue weighted by atomic mass is 10.2. The van der Waals surface area contributed by atoms with E-state index in [1.54, 1.807) is 0 Å². The lowest BCUT2D eigenvalue weighted by Crippen LogP contribution is -2.48. The minimum absolute atomic E-state index is 0.469. The van der Waals surface area contributed by atoms with E-state index in [1.165, 1.54) is 13.8 Å². The zero-order valence-corrected chi connectivity index (χ0v) is 9.22. The Morgan fingerprint density at radius 2 is 1.86 bits per heavy atom. The van der Waals surface area contributed by atoms with E-state index in [0.717, 1.165) is 0 Å². The molecule has 0 amide bonds. The van der Waals surface area contributed by atoms with E-state index in [1.807, 2.05) is 0 Å². The Morgan fingerprint density at radius 1 is 1.43 bits per heavy atom. The molecule has 0 spiro atoms. The van der Waals surface area contributed by atoms with E-state index in [2.05, 4.69) is 20.7 Å². The number of rotatable bonds is 3. The Bertz CT molecular complexity index is 208. The molecule has 0 radical (unpaired) electrons. The van der Waals surface area contributed by atoms with Gasteiger partial charge >= 0.3 is 12.1 Å². The lowest BCUT2D eigenvalue weighted by Gasteiger charge is -2.20. The van der Waals surface area contributed by atoms with Crippen molar-refractivity contribution in [2.45, 2.75) is 37.0 Å². The maximum atomic E-state index is 12.0. The van der Waals surface area contributed by atoms with Gasteiger partial charge in [-0.05, 0) is 13.8 Å². The van der Waals surface area contributed by atoms with E-state index < -0.39 is 29.1 Å². The Hall–Kier alpha value is -0.300. The molecule has 0 aromatic heterocycles. The average Bonchev–Trinajstić information content (AvgIpc) is 1.98. The second-order valence-electron chi connectivity index (χ2n) is 2.95. The van der Waals surface area contributed by atoms with Crippen molar-refractivity contribution < 1.29 is 22.7 Å². The number of alkyl halides is 4. The van der Waals surface area contributed by atoms with Crippen LogP contribution in [0.3, 0.4) is 0 Å². The number of nitrogens with two attached hydrogens (primary N) is 1. The largest absolute Gasteiger partial charge is 0.462 e. The highest BCUT2D eigenvalue weighted by atomic mass is 79.9. The lowest BCUT2D eigenvalue weighted by molar-refractivity contribution is -0.164. The third kappa shape index (κ3) is 4.28. The van der Waals surface area contributed by atoms with E-state index in [0.29, 0.717) is 0 Å². The number of carbonyl (C=O) groups is 1. The molecule has 0 aromatic carbocycles. The molecule has 2 atom stereocenters. The second kappa shape index (κ2) is 4.97. The van der Waals surface area contributed by atoms with Gasteiger partial charge in [-0.2, -0.15) is 13.2 Å². The van der Waals surface area contributed by atoms with Crippen molar-refractivity contribution in [2.75, 3.05) is 0 Å². The molecule has 0 bridgehead atoms. The molecule has 7 heteroatoms. The molecule has 0 unspecified atom stereocenters. The van der Waals surface area contributed by atoms with Gasteiger partial charge in [0.1, 0.15) is 10.9 Å². The molecule has 0 aliphatic heterocycles. The van der Waals surface area contributed by atoms with Gasteiger partial charge in [-0.15, -0.1) is 0 Å². The van der Waals surface area contributed by atoms with E-state index in [-0.39, 0.29) is 0 Å². The summed E-state index contributed by atoms with van der Waals surface area (Å²) in [5.41, 5.74) is 4.80. The van der Waals surface area contributed by atoms with Gasteiger partial charge in [0.2, 0.25) is 0 Å². The first kappa shape index (κ1) is 13.7. The first-order valence-corrected chi connectivity index (χ1v) is 4.74. The standard InChI is InChI=1S/C7H11BrF3NO2/c1-3(2)14-6(13)4(8)5(12)7(9,10)11/h3-5H,12H2,1-2H3/t4-,5+/m1/s1. The van der Waals surface area contributed by atoms with Crippen molar-refractivity contribution in [1.82, 2.24) is 0 Å². The van der Waals surface area contributed by atoms with Gasteiger partial charge < -0.3 is 10.5 Å². The molecule has 0 saturated heterocycles. The monoisotopic (exact) mass is 277 g/mol. The molecule has 0 aromatic rings. The minimum Gasteiger partial charge on any atom is -0.462 e. The number of hydrogen-bond acceptors (Lipinski definition) is 3. The van der Waals surface area contributed by atoms with Crippen LogP contribution in [0.4, 0.5) is 13.2 Å². The summed E-state index contributed by atoms with van der Waals surface area (Å²) in [7, 11) is 0. The van der Waals surface area contributed by atoms with E-state index >= 15 is 0 Å². The van der Waals surface area contributed by atoms with Crippen LogP contribution >= 0.6 is 15.9 Å². The molecule has 2 N–H and O–H groups in total. The highest BCUT2D eigenvalue weighted by Gasteiger charge is 2.44. The van der Waals surface area contributed by atoms with Gasteiger partial charge in [-0.25, -0.2) is 0 Å². The smallest absolute Gasteiger partial charge is 0.405 e. The highest BCUT2D eigenvalue weighted by molar-refractivity contribution is 9.10. The highest BCUT2D eigenvalue weighted by Crippen LogP contribution is 2.25.